The molecule has 33 heavy (non-hydrogen) atoms. The fourth-order valence-corrected chi connectivity index (χ4v) is 4.19. The molecule has 0 atom stereocenters. The number of amides is 3. The Kier molecular flexibility index (Phi) is 7.85. The second-order valence-corrected chi connectivity index (χ2v) is 8.35. The summed E-state index contributed by atoms with van der Waals surface area (Å²) in [4.78, 5) is 48.8. The number of benzene rings is 2. The van der Waals surface area contributed by atoms with E-state index in [9.17, 15) is 19.2 Å². The van der Waals surface area contributed by atoms with Gasteiger partial charge in [0.1, 0.15) is 12.3 Å². The van der Waals surface area contributed by atoms with Crippen LogP contribution in [0.15, 0.2) is 41.3 Å². The SMILES string of the molecule is COc1ccc(NC(=O)CN2C(=O)S/C(=C/c3cc(Cl)c(OCC(=O)O)c(Cl)c3)C2=O)cc1. The lowest BCUT2D eigenvalue weighted by molar-refractivity contribution is -0.139. The zero-order chi connectivity index (χ0) is 24.1. The molecular formula is C21H16Cl2N2O7S. The summed E-state index contributed by atoms with van der Waals surface area (Å²) in [6.45, 7) is -1.09. The number of carbonyl (C=O) groups excluding carboxylic acids is 3. The number of halogens is 2. The molecule has 1 aliphatic heterocycles. The second kappa shape index (κ2) is 10.6. The monoisotopic (exact) mass is 510 g/mol. The van der Waals surface area contributed by atoms with Crippen molar-refractivity contribution < 1.29 is 33.8 Å². The van der Waals surface area contributed by atoms with Gasteiger partial charge in [-0.05, 0) is 59.8 Å². The molecule has 0 unspecified atom stereocenters. The van der Waals surface area contributed by atoms with Gasteiger partial charge in [-0.15, -0.1) is 0 Å². The van der Waals surface area contributed by atoms with E-state index in [-0.39, 0.29) is 20.7 Å². The van der Waals surface area contributed by atoms with Crippen LogP contribution < -0.4 is 14.8 Å². The molecule has 0 spiro atoms. The van der Waals surface area contributed by atoms with Crippen molar-refractivity contribution in [2.75, 3.05) is 25.6 Å². The summed E-state index contributed by atoms with van der Waals surface area (Å²) in [5.74, 6) is -1.79. The number of nitrogens with one attached hydrogen (secondary N) is 1. The third kappa shape index (κ3) is 6.19. The van der Waals surface area contributed by atoms with Crippen LogP contribution in [0.2, 0.25) is 10.0 Å². The third-order valence-corrected chi connectivity index (χ3v) is 5.68. The van der Waals surface area contributed by atoms with Gasteiger partial charge in [-0.2, -0.15) is 0 Å². The van der Waals surface area contributed by atoms with Crippen LogP contribution >= 0.6 is 35.0 Å². The van der Waals surface area contributed by atoms with E-state index in [0.717, 1.165) is 4.90 Å². The number of ether oxygens (including phenoxy) is 2. The molecule has 2 aromatic carbocycles. The van der Waals surface area contributed by atoms with E-state index in [0.29, 0.717) is 28.8 Å². The van der Waals surface area contributed by atoms with Crippen molar-refractivity contribution in [2.45, 2.75) is 0 Å². The van der Waals surface area contributed by atoms with E-state index < -0.39 is 36.2 Å². The molecule has 12 heteroatoms. The summed E-state index contributed by atoms with van der Waals surface area (Å²) in [5.41, 5.74) is 0.874. The van der Waals surface area contributed by atoms with Crippen molar-refractivity contribution in [3.05, 3.63) is 56.9 Å². The minimum absolute atomic E-state index is 0.0128. The Bertz CT molecular complexity index is 1130. The zero-order valence-electron chi connectivity index (χ0n) is 17.0. The molecule has 0 bridgehead atoms. The third-order valence-electron chi connectivity index (χ3n) is 4.21. The molecule has 0 aliphatic carbocycles. The molecule has 0 aromatic heterocycles. The van der Waals surface area contributed by atoms with E-state index in [2.05, 4.69) is 5.32 Å². The number of aliphatic carboxylic acids is 1. The van der Waals surface area contributed by atoms with Gasteiger partial charge in [0.2, 0.25) is 5.91 Å². The summed E-state index contributed by atoms with van der Waals surface area (Å²) in [7, 11) is 1.52. The van der Waals surface area contributed by atoms with Gasteiger partial charge in [0.15, 0.2) is 12.4 Å². The van der Waals surface area contributed by atoms with Gasteiger partial charge in [-0.25, -0.2) is 4.79 Å². The molecule has 1 fully saturated rings. The van der Waals surface area contributed by atoms with E-state index >= 15 is 0 Å². The van der Waals surface area contributed by atoms with E-state index in [1.165, 1.54) is 25.3 Å². The lowest BCUT2D eigenvalue weighted by atomic mass is 10.2. The Balaban J connectivity index is 1.70. The lowest BCUT2D eigenvalue weighted by Gasteiger charge is -2.12. The summed E-state index contributed by atoms with van der Waals surface area (Å²) >= 11 is 12.9. The van der Waals surface area contributed by atoms with Gasteiger partial charge in [0.25, 0.3) is 11.1 Å². The maximum atomic E-state index is 12.7. The number of rotatable bonds is 8. The Morgan fingerprint density at radius 2 is 1.79 bits per heavy atom. The molecule has 1 saturated heterocycles. The molecule has 3 amide bonds. The molecular weight excluding hydrogens is 495 g/mol. The van der Waals surface area contributed by atoms with Gasteiger partial charge >= 0.3 is 5.97 Å². The van der Waals surface area contributed by atoms with Crippen molar-refractivity contribution in [2.24, 2.45) is 0 Å². The Morgan fingerprint density at radius 1 is 1.15 bits per heavy atom. The molecule has 1 aliphatic rings. The lowest BCUT2D eigenvalue weighted by Crippen LogP contribution is -2.36. The molecule has 172 valence electrons. The Hall–Kier alpha value is -3.21. The first kappa shape index (κ1) is 24.4. The normalized spacial score (nSPS) is 14.5. The fourth-order valence-electron chi connectivity index (χ4n) is 2.74. The molecule has 3 rings (SSSR count). The number of hydrogen-bond donors (Lipinski definition) is 2. The number of carboxylic acids is 1. The molecule has 1 heterocycles. The van der Waals surface area contributed by atoms with Crippen LogP contribution in [-0.2, 0) is 14.4 Å². The number of thioether (sulfide) groups is 1. The van der Waals surface area contributed by atoms with Crippen molar-refractivity contribution in [1.29, 1.82) is 0 Å². The molecule has 2 aromatic rings. The Morgan fingerprint density at radius 3 is 2.36 bits per heavy atom. The average molecular weight is 511 g/mol. The van der Waals surface area contributed by atoms with Crippen LogP contribution in [0.4, 0.5) is 10.5 Å². The first-order valence-corrected chi connectivity index (χ1v) is 10.8. The number of nitrogens with zero attached hydrogens (tertiary/aromatic N) is 1. The van der Waals surface area contributed by atoms with Crippen LogP contribution in [0.3, 0.4) is 0 Å². The van der Waals surface area contributed by atoms with Crippen LogP contribution in [0.1, 0.15) is 5.56 Å². The quantitative estimate of drug-likeness (QED) is 0.508. The van der Waals surface area contributed by atoms with Crippen LogP contribution in [0.25, 0.3) is 6.08 Å². The summed E-state index contributed by atoms with van der Waals surface area (Å²) in [6, 6.07) is 9.40. The minimum atomic E-state index is -1.20. The van der Waals surface area contributed by atoms with Crippen molar-refractivity contribution in [1.82, 2.24) is 4.90 Å². The van der Waals surface area contributed by atoms with Gasteiger partial charge in [-0.3, -0.25) is 19.3 Å². The summed E-state index contributed by atoms with van der Waals surface area (Å²) in [5, 5.41) is 10.8. The van der Waals surface area contributed by atoms with Crippen LogP contribution in [0, 0.1) is 0 Å². The Labute approximate surface area is 202 Å². The van der Waals surface area contributed by atoms with Crippen molar-refractivity contribution in [3.8, 4) is 11.5 Å². The van der Waals surface area contributed by atoms with Crippen molar-refractivity contribution >= 4 is 69.8 Å². The largest absolute Gasteiger partial charge is 0.497 e. The summed E-state index contributed by atoms with van der Waals surface area (Å²) in [6.07, 6.45) is 1.39. The molecule has 0 saturated carbocycles. The maximum absolute atomic E-state index is 12.7. The predicted octanol–water partition coefficient (Wildman–Crippen LogP) is 4.14. The number of carbonyl (C=O) groups is 4. The average Bonchev–Trinajstić information content (AvgIpc) is 3.00. The second-order valence-electron chi connectivity index (χ2n) is 6.54. The number of anilines is 1. The topological polar surface area (TPSA) is 122 Å². The molecule has 9 nitrogen and oxygen atoms in total. The number of carboxylic acid groups (broad SMARTS) is 1. The highest BCUT2D eigenvalue weighted by molar-refractivity contribution is 8.18. The molecule has 2 N–H and O–H groups in total. The fraction of sp³-hybridized carbons (Fsp3) is 0.143. The number of hydrogen-bond acceptors (Lipinski definition) is 7. The molecule has 0 radical (unpaired) electrons. The smallest absolute Gasteiger partial charge is 0.341 e. The minimum Gasteiger partial charge on any atom is -0.497 e. The number of imide groups is 1. The number of methoxy groups -OCH3 is 1. The zero-order valence-corrected chi connectivity index (χ0v) is 19.3. The van der Waals surface area contributed by atoms with Gasteiger partial charge in [0.05, 0.1) is 22.1 Å². The standard InChI is InChI=1S/C21H16Cl2N2O7S/c1-31-13-4-2-12(3-5-13)24-17(26)9-25-20(29)16(33-21(25)30)8-11-6-14(22)19(15(23)7-11)32-10-18(27)28/h2-8H,9-10H2,1H3,(H,24,26)(H,27,28)/b16-8+. The first-order chi connectivity index (χ1) is 15.7. The van der Waals surface area contributed by atoms with Crippen LogP contribution in [0.5, 0.6) is 11.5 Å². The predicted molar refractivity (Wildman–Crippen MR) is 124 cm³/mol. The highest BCUT2D eigenvalue weighted by atomic mass is 35.5. The summed E-state index contributed by atoms with van der Waals surface area (Å²) < 4.78 is 10.1. The maximum Gasteiger partial charge on any atom is 0.341 e. The van der Waals surface area contributed by atoms with Crippen molar-refractivity contribution in [3.63, 3.8) is 0 Å². The van der Waals surface area contributed by atoms with Gasteiger partial charge in [0, 0.05) is 5.69 Å². The first-order valence-electron chi connectivity index (χ1n) is 9.21. The van der Waals surface area contributed by atoms with Crippen LogP contribution in [-0.4, -0.2) is 53.3 Å². The van der Waals surface area contributed by atoms with E-state index in [1.807, 2.05) is 0 Å². The van der Waals surface area contributed by atoms with Gasteiger partial charge < -0.3 is 19.9 Å². The highest BCUT2D eigenvalue weighted by Crippen LogP contribution is 2.37. The highest BCUT2D eigenvalue weighted by Gasteiger charge is 2.36. The van der Waals surface area contributed by atoms with E-state index in [1.54, 1.807) is 24.3 Å². The van der Waals surface area contributed by atoms with Gasteiger partial charge in [-0.1, -0.05) is 23.2 Å². The van der Waals surface area contributed by atoms with E-state index in [4.69, 9.17) is 37.8 Å².